The van der Waals surface area contributed by atoms with E-state index in [0.29, 0.717) is 0 Å². The quantitative estimate of drug-likeness (QED) is 0.380. The molecule has 8 heteroatoms. The van der Waals surface area contributed by atoms with Gasteiger partial charge < -0.3 is 0 Å². The first-order valence-corrected chi connectivity index (χ1v) is 8.02. The molecule has 2 aromatic heterocycles. The number of aromatic nitrogens is 3. The Morgan fingerprint density at radius 2 is 2.08 bits per heavy atom. The Morgan fingerprint density at radius 1 is 1.25 bits per heavy atom. The number of amides is 1. The molecule has 3 aromatic rings. The Bertz CT molecular complexity index is 922. The first kappa shape index (κ1) is 16.4. The normalized spacial score (nSPS) is 10.6. The second-order valence-electron chi connectivity index (χ2n) is 5.31. The molecule has 3 rings (SSSR count). The van der Waals surface area contributed by atoms with Gasteiger partial charge in [0, 0.05) is 36.0 Å². The van der Waals surface area contributed by atoms with Gasteiger partial charge in [0.15, 0.2) is 0 Å². The van der Waals surface area contributed by atoms with E-state index >= 15 is 0 Å². The lowest BCUT2D eigenvalue weighted by atomic mass is 10.0. The van der Waals surface area contributed by atoms with E-state index in [1.165, 1.54) is 0 Å². The Kier molecular flexibility index (Phi) is 4.77. The van der Waals surface area contributed by atoms with E-state index in [4.69, 9.17) is 12.2 Å². The molecule has 0 atom stereocenters. The summed E-state index contributed by atoms with van der Waals surface area (Å²) in [5.41, 5.74) is 8.74. The van der Waals surface area contributed by atoms with Crippen molar-refractivity contribution in [1.29, 1.82) is 0 Å². The van der Waals surface area contributed by atoms with E-state index in [1.807, 2.05) is 43.7 Å². The predicted octanol–water partition coefficient (Wildman–Crippen LogP) is 2.01. The van der Waals surface area contributed by atoms with E-state index in [0.717, 1.165) is 27.6 Å². The number of fused-ring (bicyclic) bond motifs is 1. The molecular formula is C16H15N5OS2. The van der Waals surface area contributed by atoms with E-state index < -0.39 is 0 Å². The average molecular weight is 357 g/mol. The van der Waals surface area contributed by atoms with Crippen LogP contribution in [0.4, 0.5) is 0 Å². The Balaban J connectivity index is 1.83. The maximum Gasteiger partial charge on any atom is 0.242 e. The molecule has 0 aliphatic rings. The summed E-state index contributed by atoms with van der Waals surface area (Å²) in [4.78, 5) is 16.3. The van der Waals surface area contributed by atoms with Crippen molar-refractivity contribution in [2.75, 3.05) is 0 Å². The van der Waals surface area contributed by atoms with Crippen LogP contribution >= 0.6 is 24.8 Å². The second-order valence-corrected chi connectivity index (χ2v) is 6.47. The van der Waals surface area contributed by atoms with Crippen molar-refractivity contribution in [2.45, 2.75) is 6.42 Å². The minimum Gasteiger partial charge on any atom is -0.283 e. The van der Waals surface area contributed by atoms with E-state index in [-0.39, 0.29) is 16.6 Å². The third-order valence-corrected chi connectivity index (χ3v) is 3.67. The lowest BCUT2D eigenvalue weighted by Crippen LogP contribution is -2.39. The molecule has 122 valence electrons. The molecule has 6 nitrogen and oxygen atoms in total. The van der Waals surface area contributed by atoms with Gasteiger partial charge in [-0.25, -0.2) is 0 Å². The monoisotopic (exact) mass is 357 g/mol. The molecule has 0 unspecified atom stereocenters. The van der Waals surface area contributed by atoms with Crippen LogP contribution in [0.1, 0.15) is 5.56 Å². The number of pyridine rings is 1. The van der Waals surface area contributed by atoms with Gasteiger partial charge in [-0.15, -0.1) is 12.6 Å². The van der Waals surface area contributed by atoms with Gasteiger partial charge in [-0.3, -0.25) is 25.3 Å². The highest BCUT2D eigenvalue weighted by atomic mass is 32.1. The molecule has 0 aliphatic carbocycles. The molecule has 0 bridgehead atoms. The molecule has 2 N–H and O–H groups in total. The third-order valence-electron chi connectivity index (χ3n) is 3.46. The van der Waals surface area contributed by atoms with Crippen molar-refractivity contribution in [3.05, 3.63) is 48.4 Å². The van der Waals surface area contributed by atoms with Crippen LogP contribution < -0.4 is 10.9 Å². The molecular weight excluding hydrogens is 342 g/mol. The maximum atomic E-state index is 11.9. The molecule has 2 heterocycles. The number of rotatable bonds is 3. The fourth-order valence-electron chi connectivity index (χ4n) is 2.37. The summed E-state index contributed by atoms with van der Waals surface area (Å²) in [6, 6.07) is 7.79. The van der Waals surface area contributed by atoms with Gasteiger partial charge in [-0.05, 0) is 23.8 Å². The van der Waals surface area contributed by atoms with Crippen molar-refractivity contribution < 1.29 is 4.79 Å². The largest absolute Gasteiger partial charge is 0.283 e. The number of carbonyl (C=O) groups excluding carboxylic acids is 1. The predicted molar refractivity (Wildman–Crippen MR) is 101 cm³/mol. The van der Waals surface area contributed by atoms with Gasteiger partial charge in [0.25, 0.3) is 0 Å². The van der Waals surface area contributed by atoms with Crippen molar-refractivity contribution in [3.63, 3.8) is 0 Å². The number of hydrogen-bond donors (Lipinski definition) is 3. The number of nitrogens with zero attached hydrogens (tertiary/aromatic N) is 3. The van der Waals surface area contributed by atoms with Crippen molar-refractivity contribution >= 4 is 46.0 Å². The fraction of sp³-hybridized carbons (Fsp3) is 0.125. The number of hydrogen-bond acceptors (Lipinski definition) is 4. The zero-order valence-electron chi connectivity index (χ0n) is 12.9. The average Bonchev–Trinajstić information content (AvgIpc) is 2.99. The molecule has 0 saturated heterocycles. The van der Waals surface area contributed by atoms with Crippen LogP contribution in [0, 0.1) is 0 Å². The zero-order chi connectivity index (χ0) is 17.1. The molecule has 1 aromatic carbocycles. The smallest absolute Gasteiger partial charge is 0.242 e. The number of carbonyl (C=O) groups is 1. The highest BCUT2D eigenvalue weighted by molar-refractivity contribution is 8.11. The summed E-state index contributed by atoms with van der Waals surface area (Å²) in [6.07, 6.45) is 5.79. The lowest BCUT2D eigenvalue weighted by molar-refractivity contribution is -0.120. The number of benzene rings is 1. The molecule has 0 spiro atoms. The maximum absolute atomic E-state index is 11.9. The van der Waals surface area contributed by atoms with Crippen LogP contribution in [-0.2, 0) is 18.3 Å². The second kappa shape index (κ2) is 6.98. The Hall–Kier alpha value is -2.45. The van der Waals surface area contributed by atoms with E-state index in [1.54, 1.807) is 10.9 Å². The first-order valence-electron chi connectivity index (χ1n) is 7.17. The minimum absolute atomic E-state index is 0.192. The summed E-state index contributed by atoms with van der Waals surface area (Å²) in [7, 11) is 1.87. The summed E-state index contributed by atoms with van der Waals surface area (Å²) < 4.78 is 1.96. The van der Waals surface area contributed by atoms with Gasteiger partial charge in [-0.1, -0.05) is 18.3 Å². The van der Waals surface area contributed by atoms with Crippen molar-refractivity contribution in [3.8, 4) is 11.1 Å². The number of hydrazine groups is 1. The molecule has 0 aliphatic heterocycles. The fourth-order valence-corrected chi connectivity index (χ4v) is 2.48. The van der Waals surface area contributed by atoms with E-state index in [2.05, 4.69) is 33.6 Å². The van der Waals surface area contributed by atoms with Gasteiger partial charge in [-0.2, -0.15) is 5.10 Å². The molecule has 0 radical (unpaired) electrons. The number of nitrogens with one attached hydrogen (secondary N) is 2. The van der Waals surface area contributed by atoms with Crippen molar-refractivity contribution in [1.82, 2.24) is 25.6 Å². The van der Waals surface area contributed by atoms with Crippen LogP contribution in [0.3, 0.4) is 0 Å². The summed E-state index contributed by atoms with van der Waals surface area (Å²) in [6.45, 7) is 0. The molecule has 24 heavy (non-hydrogen) atoms. The summed E-state index contributed by atoms with van der Waals surface area (Å²) >= 11 is 8.61. The number of thiocarbonyl (C=S) groups is 1. The number of aryl methyl sites for hydroxylation is 1. The van der Waals surface area contributed by atoms with Gasteiger partial charge in [0.2, 0.25) is 5.91 Å². The summed E-state index contributed by atoms with van der Waals surface area (Å²) in [5, 5.41) is 5.15. The SMILES string of the molecule is Cn1cc(-c2cnc3ccc(CC(=O)NNC(=S)S)cc3c2)cn1. The standard InChI is InChI=1S/C16H15N5OS2/c1-21-9-13(8-18-21)12-6-11-4-10(2-3-14(11)17-7-12)5-15(22)19-20-16(23)24/h2-4,6-9H,5H2,1H3,(H,19,22)(H2,20,23,24). The van der Waals surface area contributed by atoms with Crippen LogP contribution in [0.15, 0.2) is 42.9 Å². The van der Waals surface area contributed by atoms with Crippen LogP contribution in [0.5, 0.6) is 0 Å². The first-order chi connectivity index (χ1) is 11.5. The van der Waals surface area contributed by atoms with Gasteiger partial charge in [0.05, 0.1) is 18.1 Å². The summed E-state index contributed by atoms with van der Waals surface area (Å²) in [5.74, 6) is -0.192. The van der Waals surface area contributed by atoms with Crippen LogP contribution in [0.25, 0.3) is 22.0 Å². The zero-order valence-corrected chi connectivity index (χ0v) is 14.6. The van der Waals surface area contributed by atoms with E-state index in [9.17, 15) is 4.79 Å². The van der Waals surface area contributed by atoms with Gasteiger partial charge in [0.1, 0.15) is 4.32 Å². The van der Waals surface area contributed by atoms with Gasteiger partial charge >= 0.3 is 0 Å². The Labute approximate surface area is 149 Å². The molecule has 0 fully saturated rings. The van der Waals surface area contributed by atoms with Crippen molar-refractivity contribution in [2.24, 2.45) is 7.05 Å². The molecule has 1 amide bonds. The van der Waals surface area contributed by atoms with Crippen LogP contribution in [0.2, 0.25) is 0 Å². The topological polar surface area (TPSA) is 71.8 Å². The third kappa shape index (κ3) is 3.90. The van der Waals surface area contributed by atoms with Crippen LogP contribution in [-0.4, -0.2) is 25.0 Å². The minimum atomic E-state index is -0.192. The highest BCUT2D eigenvalue weighted by Crippen LogP contribution is 2.23. The lowest BCUT2D eigenvalue weighted by Gasteiger charge is -2.07. The number of thiol groups is 1. The highest BCUT2D eigenvalue weighted by Gasteiger charge is 2.07. The Morgan fingerprint density at radius 3 is 2.79 bits per heavy atom. The molecule has 0 saturated carbocycles.